The van der Waals surface area contributed by atoms with E-state index < -0.39 is 129 Å². The van der Waals surface area contributed by atoms with Gasteiger partial charge in [0.1, 0.15) is 0 Å². The molecule has 14 nitrogen and oxygen atoms in total. The highest BCUT2D eigenvalue weighted by Crippen LogP contribution is 2.33. The number of hydrogen-bond acceptors (Lipinski definition) is 14. The molecule has 1 aromatic rings. The van der Waals surface area contributed by atoms with E-state index in [0.717, 1.165) is 5.56 Å². The first kappa shape index (κ1) is 66.7. The maximum absolute atomic E-state index is 6.94. The molecule has 0 aromatic heterocycles. The molecule has 0 saturated heterocycles. The molecule has 394 valence electrons. The van der Waals surface area contributed by atoms with E-state index in [1.54, 1.807) is 0 Å². The van der Waals surface area contributed by atoms with Gasteiger partial charge in [0.25, 0.3) is 0 Å². The first-order valence-corrected chi connectivity index (χ1v) is 66.0. The van der Waals surface area contributed by atoms with E-state index in [-0.39, 0.29) is 0 Å². The lowest BCUT2D eigenvalue weighted by Gasteiger charge is -2.45. The third-order valence-electron chi connectivity index (χ3n) is 8.75. The highest BCUT2D eigenvalue weighted by molar-refractivity contribution is 6.96. The van der Waals surface area contributed by atoms with Crippen LogP contribution in [0.25, 0.3) is 6.08 Å². The highest BCUT2D eigenvalue weighted by atomic mass is 28.5. The van der Waals surface area contributed by atoms with Gasteiger partial charge in [0.15, 0.2) is 9.04 Å². The topological polar surface area (TPSA) is 129 Å². The molecule has 67 heavy (non-hydrogen) atoms. The first-order valence-electron chi connectivity index (χ1n) is 23.7. The Balaban J connectivity index is 2.98. The summed E-state index contributed by atoms with van der Waals surface area (Å²) in [6.07, 6.45) is 1.90. The maximum atomic E-state index is 6.94. The van der Waals surface area contributed by atoms with Gasteiger partial charge in [0.05, 0.1) is 0 Å². The normalized spacial score (nSPS) is 15.4. The van der Waals surface area contributed by atoms with Crippen molar-refractivity contribution >= 4 is 140 Å². The van der Waals surface area contributed by atoms with Crippen molar-refractivity contribution in [1.82, 2.24) is 0 Å². The second kappa shape index (κ2) is 23.3. The Morgan fingerprint density at radius 1 is 0.313 bits per heavy atom. The Kier molecular flexibility index (Phi) is 23.2. The molecule has 0 aliphatic carbocycles. The SMILES string of the molecule is C=Cc1ccccc1[Si](C)(C)O[Si](C)(C)O[Si](C)(C)O[Si](C)(C)O[Si](C)(C)O[Si](C)(C)O[Si](C)(C)O[Si](C)(C)O[Si](C)(C)O[Si](C)(C)O[Si](C)(C)O[Si](C)(C)O[Si](C)(C)O[Si](C)(C)O[SiH](C)C. The van der Waals surface area contributed by atoms with Crippen LogP contribution in [0, 0.1) is 0 Å². The summed E-state index contributed by atoms with van der Waals surface area (Å²) in [5.74, 6) is 0. The summed E-state index contributed by atoms with van der Waals surface area (Å²) in [4.78, 5) is 0. The van der Waals surface area contributed by atoms with Crippen molar-refractivity contribution in [2.45, 2.75) is 196 Å². The van der Waals surface area contributed by atoms with Crippen LogP contribution < -0.4 is 5.19 Å². The minimum Gasteiger partial charge on any atom is -0.440 e. The van der Waals surface area contributed by atoms with E-state index in [9.17, 15) is 0 Å². The smallest absolute Gasteiger partial charge is 0.314 e. The maximum Gasteiger partial charge on any atom is 0.314 e. The Labute approximate surface area is 427 Å². The lowest BCUT2D eigenvalue weighted by molar-refractivity contribution is 0.251. The number of benzene rings is 1. The molecule has 0 fully saturated rings. The Bertz CT molecular complexity index is 1770. The molecule has 0 N–H and O–H groups in total. The van der Waals surface area contributed by atoms with Crippen LogP contribution in [0.15, 0.2) is 30.8 Å². The monoisotopic (exact) mass is 1200 g/mol. The van der Waals surface area contributed by atoms with E-state index in [1.807, 2.05) is 12.1 Å². The molecule has 0 aliphatic heterocycles. The largest absolute Gasteiger partial charge is 0.440 e. The predicted octanol–water partition coefficient (Wildman–Crippen LogP) is 12.1. The Hall–Kier alpha value is 1.65. The molecule has 0 atom stereocenters. The molecule has 0 saturated carbocycles. The van der Waals surface area contributed by atoms with E-state index in [1.165, 1.54) is 5.19 Å². The fourth-order valence-corrected chi connectivity index (χ4v) is 85.1. The van der Waals surface area contributed by atoms with Gasteiger partial charge in [0.2, 0.25) is 8.32 Å². The molecule has 0 amide bonds. The van der Waals surface area contributed by atoms with Crippen molar-refractivity contribution in [1.29, 1.82) is 0 Å². The van der Waals surface area contributed by atoms with Gasteiger partial charge in [-0.2, -0.15) is 0 Å². The van der Waals surface area contributed by atoms with Crippen molar-refractivity contribution in [3.05, 3.63) is 36.4 Å². The van der Waals surface area contributed by atoms with Gasteiger partial charge in [-0.15, -0.1) is 0 Å². The van der Waals surface area contributed by atoms with E-state index in [2.05, 4.69) is 221 Å². The van der Waals surface area contributed by atoms with Gasteiger partial charge in [-0.3, -0.25) is 0 Å². The number of rotatable bonds is 30. The standard InChI is InChI=1S/C38H98O14Si15/c1-32-37-35-33-34-36-38(37)54(4,5)40-56(8,9)42-58(12,13)44-60(16,17)46-62(20,21)48-64(24,25)50-66(28,29)52-67(30,31)51-65(26,27)49-63(22,23)47-61(18,19)45-59(14,15)43-57(10,11)41-55(6,7)39-53(2)3/h32-36,53H,1H2,2-31H3. The van der Waals surface area contributed by atoms with Crippen LogP contribution >= 0.6 is 0 Å². The number of hydrogen-bond donors (Lipinski definition) is 0. The second-order valence-corrected chi connectivity index (χ2v) is 77.6. The average Bonchev–Trinajstić information content (AvgIpc) is 2.91. The van der Waals surface area contributed by atoms with E-state index >= 15 is 0 Å². The van der Waals surface area contributed by atoms with Gasteiger partial charge in [-0.05, 0) is 207 Å². The molecule has 0 heterocycles. The van der Waals surface area contributed by atoms with Crippen LogP contribution in [0.2, 0.25) is 196 Å². The van der Waals surface area contributed by atoms with Crippen LogP contribution in [0.1, 0.15) is 5.56 Å². The molecule has 0 bridgehead atoms. The summed E-state index contributed by atoms with van der Waals surface area (Å²) < 4.78 is 95.3. The molecule has 1 aromatic carbocycles. The fourth-order valence-electron chi connectivity index (χ4n) is 9.84. The summed E-state index contributed by atoms with van der Waals surface area (Å²) in [6, 6.07) is 8.33. The van der Waals surface area contributed by atoms with Crippen LogP contribution in [0.5, 0.6) is 0 Å². The van der Waals surface area contributed by atoms with Gasteiger partial charge < -0.3 is 57.6 Å². The molecule has 0 spiro atoms. The fraction of sp³-hybridized carbons (Fsp3) is 0.789. The minimum atomic E-state index is -2.81. The van der Waals surface area contributed by atoms with Crippen molar-refractivity contribution in [3.63, 3.8) is 0 Å². The van der Waals surface area contributed by atoms with Crippen LogP contribution in [0.3, 0.4) is 0 Å². The zero-order valence-corrected chi connectivity index (χ0v) is 63.0. The van der Waals surface area contributed by atoms with Gasteiger partial charge >= 0.3 is 111 Å². The molecule has 0 unspecified atom stereocenters. The molecular weight excluding hydrogens is 1100 g/mol. The lowest BCUT2D eigenvalue weighted by atomic mass is 10.2. The quantitative estimate of drug-likeness (QED) is 0.0678. The summed E-state index contributed by atoms with van der Waals surface area (Å²) in [5.41, 5.74) is 1.11. The summed E-state index contributed by atoms with van der Waals surface area (Å²) in [5, 5.41) is 1.21. The van der Waals surface area contributed by atoms with Crippen molar-refractivity contribution in [3.8, 4) is 0 Å². The third-order valence-corrected chi connectivity index (χ3v) is 65.9. The van der Waals surface area contributed by atoms with Crippen molar-refractivity contribution in [2.24, 2.45) is 0 Å². The van der Waals surface area contributed by atoms with Crippen molar-refractivity contribution in [2.75, 3.05) is 0 Å². The van der Waals surface area contributed by atoms with Gasteiger partial charge in [-0.25, -0.2) is 0 Å². The van der Waals surface area contributed by atoms with Gasteiger partial charge in [-0.1, -0.05) is 36.9 Å². The van der Waals surface area contributed by atoms with E-state index in [4.69, 9.17) is 57.6 Å². The second-order valence-electron chi connectivity index (χ2n) is 24.0. The van der Waals surface area contributed by atoms with Gasteiger partial charge in [0, 0.05) is 0 Å². The first-order chi connectivity index (χ1) is 29.2. The molecule has 1 rings (SSSR count). The Morgan fingerprint density at radius 2 is 0.507 bits per heavy atom. The van der Waals surface area contributed by atoms with Crippen molar-refractivity contribution < 1.29 is 57.6 Å². The molecule has 0 radical (unpaired) electrons. The summed E-state index contributed by atoms with van der Waals surface area (Å²) in [7, 11) is -38.7. The third kappa shape index (κ3) is 27.1. The Morgan fingerprint density at radius 3 is 0.716 bits per heavy atom. The van der Waals surface area contributed by atoms with Crippen LogP contribution in [0.4, 0.5) is 0 Å². The highest BCUT2D eigenvalue weighted by Gasteiger charge is 2.52. The molecule has 29 heteroatoms. The van der Waals surface area contributed by atoms with Crippen LogP contribution in [-0.2, 0) is 57.6 Å². The van der Waals surface area contributed by atoms with Crippen LogP contribution in [-0.4, -0.2) is 129 Å². The molecular formula is C38H98O14Si15. The minimum absolute atomic E-state index is 1.11. The van der Waals surface area contributed by atoms with E-state index in [0.29, 0.717) is 0 Å². The summed E-state index contributed by atoms with van der Waals surface area (Å²) >= 11 is 0. The molecule has 0 aliphatic rings. The zero-order chi connectivity index (χ0) is 53.2. The summed E-state index contributed by atoms with van der Waals surface area (Å²) in [6.45, 7) is 66.7. The zero-order valence-electron chi connectivity index (χ0n) is 47.9. The average molecular weight is 1200 g/mol. The predicted molar refractivity (Wildman–Crippen MR) is 315 cm³/mol. The lowest BCUT2D eigenvalue weighted by Crippen LogP contribution is -2.63.